The van der Waals surface area contributed by atoms with Crippen LogP contribution >= 0.6 is 0 Å². The summed E-state index contributed by atoms with van der Waals surface area (Å²) in [6, 6.07) is 8.20. The molecule has 1 aromatic carbocycles. The van der Waals surface area contributed by atoms with E-state index in [4.69, 9.17) is 9.47 Å². The van der Waals surface area contributed by atoms with E-state index in [1.54, 1.807) is 21.1 Å². The summed E-state index contributed by atoms with van der Waals surface area (Å²) in [5.74, 6) is 1.43. The summed E-state index contributed by atoms with van der Waals surface area (Å²) in [5, 5.41) is 12.2. The summed E-state index contributed by atoms with van der Waals surface area (Å²) in [5.41, 5.74) is 0.345. The Kier molecular flexibility index (Phi) is 7.67. The molecule has 0 saturated carbocycles. The minimum absolute atomic E-state index is 0.0554. The molecule has 0 unspecified atom stereocenters. The van der Waals surface area contributed by atoms with Crippen LogP contribution in [0.5, 0.6) is 11.5 Å². The lowest BCUT2D eigenvalue weighted by atomic mass is 9.90. The number of benzene rings is 1. The Balaban J connectivity index is 1.83. The van der Waals surface area contributed by atoms with Crippen LogP contribution in [0.1, 0.15) is 26.3 Å². The van der Waals surface area contributed by atoms with Gasteiger partial charge in [0.1, 0.15) is 5.54 Å². The van der Waals surface area contributed by atoms with Crippen LogP contribution in [0.15, 0.2) is 18.2 Å². The first-order valence-electron chi connectivity index (χ1n) is 9.69. The zero-order valence-electron chi connectivity index (χ0n) is 17.6. The van der Waals surface area contributed by atoms with Crippen molar-refractivity contribution in [1.82, 2.24) is 15.1 Å². The summed E-state index contributed by atoms with van der Waals surface area (Å²) in [6.45, 7) is 10.2. The molecule has 1 atom stereocenters. The molecule has 1 aromatic rings. The zero-order valence-corrected chi connectivity index (χ0v) is 17.6. The molecule has 1 aliphatic heterocycles. The molecule has 1 fully saturated rings. The normalized spacial score (nSPS) is 17.6. The van der Waals surface area contributed by atoms with Crippen molar-refractivity contribution in [3.63, 3.8) is 0 Å². The van der Waals surface area contributed by atoms with Crippen molar-refractivity contribution in [2.75, 3.05) is 46.9 Å². The molecule has 1 saturated heterocycles. The van der Waals surface area contributed by atoms with E-state index in [0.29, 0.717) is 6.54 Å². The lowest BCUT2D eigenvalue weighted by Crippen LogP contribution is -2.54. The fraction of sp³-hybridized carbons (Fsp3) is 0.619. The first-order chi connectivity index (χ1) is 13.3. The predicted octanol–water partition coefficient (Wildman–Crippen LogP) is 1.88. The number of hydrogen-bond acceptors (Lipinski definition) is 6. The van der Waals surface area contributed by atoms with E-state index in [-0.39, 0.29) is 11.8 Å². The minimum Gasteiger partial charge on any atom is -0.493 e. The Morgan fingerprint density at radius 3 is 2.32 bits per heavy atom. The Labute approximate surface area is 168 Å². The quantitative estimate of drug-likeness (QED) is 0.733. The number of hydrogen-bond donors (Lipinski definition) is 1. The van der Waals surface area contributed by atoms with E-state index < -0.39 is 5.54 Å². The number of nitrogens with zero attached hydrogens (tertiary/aromatic N) is 3. The van der Waals surface area contributed by atoms with E-state index >= 15 is 0 Å². The highest BCUT2D eigenvalue weighted by Crippen LogP contribution is 2.28. The van der Waals surface area contributed by atoms with Crippen molar-refractivity contribution in [1.29, 1.82) is 5.26 Å². The molecule has 0 aliphatic carbocycles. The monoisotopic (exact) mass is 388 g/mol. The van der Waals surface area contributed by atoms with Crippen molar-refractivity contribution in [2.45, 2.75) is 32.9 Å². The molecule has 0 bridgehead atoms. The fourth-order valence-corrected chi connectivity index (χ4v) is 3.18. The maximum absolute atomic E-state index is 12.4. The second kappa shape index (κ2) is 9.76. The van der Waals surface area contributed by atoms with Crippen LogP contribution in [0.25, 0.3) is 0 Å². The first-order valence-corrected chi connectivity index (χ1v) is 9.69. The number of amides is 1. The predicted molar refractivity (Wildman–Crippen MR) is 108 cm³/mol. The average molecular weight is 389 g/mol. The van der Waals surface area contributed by atoms with Gasteiger partial charge in [0.15, 0.2) is 11.5 Å². The topological polar surface area (TPSA) is 77.8 Å². The second-order valence-corrected chi connectivity index (χ2v) is 7.76. The second-order valence-electron chi connectivity index (χ2n) is 7.76. The Hall–Kier alpha value is -2.30. The maximum atomic E-state index is 12.4. The minimum atomic E-state index is -0.827. The van der Waals surface area contributed by atoms with Crippen molar-refractivity contribution in [2.24, 2.45) is 5.92 Å². The standard InChI is InChI=1S/C21H32N4O3/c1-16(2)21(3,15-22)23-20(26)14-25-10-8-24(9-11-25)13-17-6-7-18(27-4)19(12-17)28-5/h6-7,12,16H,8-11,13-14H2,1-5H3,(H,23,26)/t21-/m1/s1. The number of rotatable bonds is 8. The van der Waals surface area contributed by atoms with Gasteiger partial charge >= 0.3 is 0 Å². The van der Waals surface area contributed by atoms with Crippen molar-refractivity contribution in [3.05, 3.63) is 23.8 Å². The number of piperazine rings is 1. The number of carbonyl (C=O) groups is 1. The first kappa shape index (κ1) is 22.0. The lowest BCUT2D eigenvalue weighted by molar-refractivity contribution is -0.124. The van der Waals surface area contributed by atoms with Crippen LogP contribution in [-0.2, 0) is 11.3 Å². The zero-order chi connectivity index (χ0) is 20.7. The molecular weight excluding hydrogens is 356 g/mol. The molecule has 154 valence electrons. The lowest BCUT2D eigenvalue weighted by Gasteiger charge is -2.35. The highest BCUT2D eigenvalue weighted by molar-refractivity contribution is 5.79. The Morgan fingerprint density at radius 2 is 1.79 bits per heavy atom. The third kappa shape index (κ3) is 5.60. The van der Waals surface area contributed by atoms with Gasteiger partial charge in [0.05, 0.1) is 26.8 Å². The van der Waals surface area contributed by atoms with Gasteiger partial charge in [-0.1, -0.05) is 19.9 Å². The molecule has 1 amide bonds. The maximum Gasteiger partial charge on any atom is 0.235 e. The van der Waals surface area contributed by atoms with E-state index in [1.807, 2.05) is 26.0 Å². The van der Waals surface area contributed by atoms with E-state index in [2.05, 4.69) is 27.3 Å². The average Bonchev–Trinajstić information content (AvgIpc) is 2.69. The molecule has 7 heteroatoms. The van der Waals surface area contributed by atoms with Crippen LogP contribution in [0.4, 0.5) is 0 Å². The molecule has 0 radical (unpaired) electrons. The molecule has 1 N–H and O–H groups in total. The molecular formula is C21H32N4O3. The third-order valence-corrected chi connectivity index (χ3v) is 5.47. The summed E-state index contributed by atoms with van der Waals surface area (Å²) in [6.07, 6.45) is 0. The summed E-state index contributed by atoms with van der Waals surface area (Å²) in [7, 11) is 3.27. The number of carbonyl (C=O) groups excluding carboxylic acids is 1. The van der Waals surface area contributed by atoms with Crippen LogP contribution in [-0.4, -0.2) is 68.2 Å². The number of methoxy groups -OCH3 is 2. The van der Waals surface area contributed by atoms with Crippen LogP contribution in [0.3, 0.4) is 0 Å². The van der Waals surface area contributed by atoms with Crippen LogP contribution < -0.4 is 14.8 Å². The molecule has 28 heavy (non-hydrogen) atoms. The molecule has 0 aromatic heterocycles. The molecule has 0 spiro atoms. The summed E-state index contributed by atoms with van der Waals surface area (Å²) < 4.78 is 10.7. The third-order valence-electron chi connectivity index (χ3n) is 5.47. The van der Waals surface area contributed by atoms with Gasteiger partial charge in [0.2, 0.25) is 5.91 Å². The van der Waals surface area contributed by atoms with E-state index in [1.165, 1.54) is 5.56 Å². The highest BCUT2D eigenvalue weighted by atomic mass is 16.5. The van der Waals surface area contributed by atoms with Gasteiger partial charge in [0.25, 0.3) is 0 Å². The molecule has 1 aliphatic rings. The summed E-state index contributed by atoms with van der Waals surface area (Å²) in [4.78, 5) is 16.9. The number of nitrogens with one attached hydrogen (secondary N) is 1. The van der Waals surface area contributed by atoms with Crippen LogP contribution in [0.2, 0.25) is 0 Å². The van der Waals surface area contributed by atoms with Gasteiger partial charge in [-0.3, -0.25) is 14.6 Å². The fourth-order valence-electron chi connectivity index (χ4n) is 3.18. The van der Waals surface area contributed by atoms with Crippen molar-refractivity contribution in [3.8, 4) is 17.6 Å². The smallest absolute Gasteiger partial charge is 0.235 e. The van der Waals surface area contributed by atoms with Crippen LogP contribution in [0, 0.1) is 17.2 Å². The van der Waals surface area contributed by atoms with Gasteiger partial charge in [-0.2, -0.15) is 5.26 Å². The number of ether oxygens (including phenoxy) is 2. The Bertz CT molecular complexity index is 708. The number of nitriles is 1. The van der Waals surface area contributed by atoms with E-state index in [9.17, 15) is 10.1 Å². The van der Waals surface area contributed by atoms with E-state index in [0.717, 1.165) is 44.2 Å². The summed E-state index contributed by atoms with van der Waals surface area (Å²) >= 11 is 0. The van der Waals surface area contributed by atoms with Gasteiger partial charge in [-0.05, 0) is 30.5 Å². The SMILES string of the molecule is COc1ccc(CN2CCN(CC(=O)N[C@](C)(C#N)C(C)C)CC2)cc1OC. The molecule has 7 nitrogen and oxygen atoms in total. The van der Waals surface area contributed by atoms with Crippen molar-refractivity contribution >= 4 is 5.91 Å². The molecule has 2 rings (SSSR count). The molecule has 1 heterocycles. The van der Waals surface area contributed by atoms with Gasteiger partial charge in [0, 0.05) is 32.7 Å². The van der Waals surface area contributed by atoms with Crippen molar-refractivity contribution < 1.29 is 14.3 Å². The van der Waals surface area contributed by atoms with Gasteiger partial charge < -0.3 is 14.8 Å². The largest absolute Gasteiger partial charge is 0.493 e. The highest BCUT2D eigenvalue weighted by Gasteiger charge is 2.30. The van der Waals surface area contributed by atoms with Gasteiger partial charge in [-0.15, -0.1) is 0 Å². The van der Waals surface area contributed by atoms with Gasteiger partial charge in [-0.25, -0.2) is 0 Å². The Morgan fingerprint density at radius 1 is 1.18 bits per heavy atom.